The number of methoxy groups -OCH3 is 2. The van der Waals surface area contributed by atoms with Gasteiger partial charge >= 0.3 is 0 Å². The Morgan fingerprint density at radius 1 is 1.62 bits per heavy atom. The summed E-state index contributed by atoms with van der Waals surface area (Å²) in [5, 5.41) is 2.60. The van der Waals surface area contributed by atoms with E-state index in [1.807, 2.05) is 0 Å². The van der Waals surface area contributed by atoms with Crippen LogP contribution in [0.1, 0.15) is 0 Å². The maximum absolute atomic E-state index is 10.9. The second-order valence-corrected chi connectivity index (χ2v) is 2.45. The summed E-state index contributed by atoms with van der Waals surface area (Å²) in [6, 6.07) is -0.342. The van der Waals surface area contributed by atoms with Crippen molar-refractivity contribution in [2.75, 3.05) is 20.8 Å². The molecule has 0 spiro atoms. The van der Waals surface area contributed by atoms with Crippen molar-refractivity contribution < 1.29 is 14.3 Å². The first kappa shape index (κ1) is 12.0. The Bertz CT molecular complexity index is 184. The minimum absolute atomic E-state index is 0.0583. The van der Waals surface area contributed by atoms with Crippen molar-refractivity contribution in [2.45, 2.75) is 12.4 Å². The van der Waals surface area contributed by atoms with Crippen LogP contribution in [0.15, 0.2) is 12.3 Å². The molecule has 0 aliphatic rings. The molecule has 4 nitrogen and oxygen atoms in total. The lowest BCUT2D eigenvalue weighted by atomic mass is 10.0. The maximum atomic E-state index is 10.9. The number of nitrogens with one attached hydrogen (secondary N) is 1. The quantitative estimate of drug-likeness (QED) is 0.460. The Hall–Kier alpha value is -0.965. The van der Waals surface area contributed by atoms with Gasteiger partial charge in [-0.2, -0.15) is 0 Å². The molecular weight excluding hydrogens is 169 g/mol. The Morgan fingerprint density at radius 3 is 2.62 bits per heavy atom. The van der Waals surface area contributed by atoms with Gasteiger partial charge in [0.05, 0.1) is 21.6 Å². The van der Waals surface area contributed by atoms with E-state index in [0.717, 1.165) is 0 Å². The molecule has 0 fully saturated rings. The Balaban J connectivity index is 4.08. The summed E-state index contributed by atoms with van der Waals surface area (Å²) in [6.45, 7) is 3.94. The number of hydrogen-bond donors (Lipinski definition) is 1. The molecule has 0 aromatic carbocycles. The first-order valence-corrected chi connectivity index (χ1v) is 3.86. The molecule has 2 radical (unpaired) electrons. The maximum Gasteiger partial charge on any atom is 0.211 e. The molecule has 1 atom stereocenters. The predicted molar refractivity (Wildman–Crippen MR) is 50.5 cm³/mol. The Morgan fingerprint density at radius 2 is 2.23 bits per heavy atom. The third-order valence-corrected chi connectivity index (χ3v) is 1.50. The topological polar surface area (TPSA) is 47.6 Å². The largest absolute Gasteiger partial charge is 0.499 e. The van der Waals surface area contributed by atoms with Gasteiger partial charge in [-0.3, -0.25) is 4.79 Å². The van der Waals surface area contributed by atoms with E-state index in [1.54, 1.807) is 0 Å². The highest BCUT2D eigenvalue weighted by Gasteiger charge is 2.14. The predicted octanol–water partition coefficient (Wildman–Crippen LogP) is -0.136. The summed E-state index contributed by atoms with van der Waals surface area (Å²) in [7, 11) is 8.15. The van der Waals surface area contributed by atoms with E-state index < -0.39 is 0 Å². The summed E-state index contributed by atoms with van der Waals surface area (Å²) >= 11 is 0. The molecule has 1 N–H and O–H groups in total. The van der Waals surface area contributed by atoms with Crippen molar-refractivity contribution in [3.8, 4) is 0 Å². The summed E-state index contributed by atoms with van der Waals surface area (Å²) < 4.78 is 9.76. The summed E-state index contributed by atoms with van der Waals surface area (Å²) in [5.74, 6) is 0.184. The van der Waals surface area contributed by atoms with Crippen molar-refractivity contribution in [1.82, 2.24) is 5.32 Å². The second kappa shape index (κ2) is 6.54. The van der Waals surface area contributed by atoms with Gasteiger partial charge in [0, 0.05) is 7.11 Å². The standard InChI is InChI=1S/C8H14BNO3/c1-6(13-3)7(5-12-2)10-8(11)4-9/h7H,1,4-5H2,2-3H3,(H,10,11)/t7-/m1/s1. The smallest absolute Gasteiger partial charge is 0.211 e. The number of rotatable bonds is 6. The van der Waals surface area contributed by atoms with Crippen molar-refractivity contribution in [3.05, 3.63) is 12.3 Å². The van der Waals surface area contributed by atoms with Gasteiger partial charge in [-0.1, -0.05) is 6.58 Å². The van der Waals surface area contributed by atoms with E-state index in [9.17, 15) is 4.79 Å². The highest BCUT2D eigenvalue weighted by Crippen LogP contribution is 2.00. The Labute approximate surface area is 79.7 Å². The number of amides is 1. The minimum Gasteiger partial charge on any atom is -0.499 e. The van der Waals surface area contributed by atoms with Gasteiger partial charge < -0.3 is 14.8 Å². The third-order valence-electron chi connectivity index (χ3n) is 1.50. The lowest BCUT2D eigenvalue weighted by Gasteiger charge is -2.18. The highest BCUT2D eigenvalue weighted by molar-refractivity contribution is 6.19. The molecule has 0 heterocycles. The van der Waals surface area contributed by atoms with Crippen molar-refractivity contribution >= 4 is 13.8 Å². The van der Waals surface area contributed by atoms with Crippen molar-refractivity contribution in [3.63, 3.8) is 0 Å². The molecule has 0 bridgehead atoms. The zero-order valence-electron chi connectivity index (χ0n) is 8.00. The molecule has 0 aromatic rings. The van der Waals surface area contributed by atoms with Crippen LogP contribution in [0.2, 0.25) is 6.32 Å². The molecule has 0 rings (SSSR count). The van der Waals surface area contributed by atoms with Gasteiger partial charge in [-0.15, -0.1) is 0 Å². The van der Waals surface area contributed by atoms with E-state index in [1.165, 1.54) is 14.2 Å². The number of hydrogen-bond acceptors (Lipinski definition) is 3. The highest BCUT2D eigenvalue weighted by atomic mass is 16.5. The van der Waals surface area contributed by atoms with Crippen LogP contribution in [-0.2, 0) is 14.3 Å². The van der Waals surface area contributed by atoms with E-state index in [-0.39, 0.29) is 18.3 Å². The zero-order valence-corrected chi connectivity index (χ0v) is 8.00. The van der Waals surface area contributed by atoms with Gasteiger partial charge in [-0.25, -0.2) is 0 Å². The molecule has 0 saturated heterocycles. The first-order valence-electron chi connectivity index (χ1n) is 3.86. The molecule has 0 aliphatic heterocycles. The molecule has 0 aliphatic carbocycles. The fourth-order valence-electron chi connectivity index (χ4n) is 0.777. The summed E-state index contributed by atoms with van der Waals surface area (Å²) in [5.41, 5.74) is 0. The van der Waals surface area contributed by atoms with Gasteiger partial charge in [0.25, 0.3) is 0 Å². The van der Waals surface area contributed by atoms with Gasteiger partial charge in [0.1, 0.15) is 11.8 Å². The van der Waals surface area contributed by atoms with E-state index in [4.69, 9.17) is 17.3 Å². The third kappa shape index (κ3) is 4.57. The van der Waals surface area contributed by atoms with Gasteiger partial charge in [-0.05, 0) is 6.32 Å². The average Bonchev–Trinajstić information content (AvgIpc) is 2.15. The van der Waals surface area contributed by atoms with E-state index in [0.29, 0.717) is 12.4 Å². The normalized spacial score (nSPS) is 11.8. The Kier molecular flexibility index (Phi) is 6.05. The zero-order chi connectivity index (χ0) is 10.3. The van der Waals surface area contributed by atoms with Crippen molar-refractivity contribution in [2.24, 2.45) is 0 Å². The molecule has 72 valence electrons. The fourth-order valence-corrected chi connectivity index (χ4v) is 0.777. The van der Waals surface area contributed by atoms with Crippen LogP contribution in [0.5, 0.6) is 0 Å². The van der Waals surface area contributed by atoms with Crippen LogP contribution in [0.25, 0.3) is 0 Å². The van der Waals surface area contributed by atoms with Crippen LogP contribution in [0.4, 0.5) is 0 Å². The summed E-state index contributed by atoms with van der Waals surface area (Å²) in [4.78, 5) is 10.9. The SMILES string of the molecule is [B]CC(=O)N[C@H](COC)C(=C)OC. The number of carbonyl (C=O) groups is 1. The fraction of sp³-hybridized carbons (Fsp3) is 0.625. The lowest BCUT2D eigenvalue weighted by molar-refractivity contribution is -0.119. The molecule has 13 heavy (non-hydrogen) atoms. The van der Waals surface area contributed by atoms with E-state index >= 15 is 0 Å². The van der Waals surface area contributed by atoms with Gasteiger partial charge in [0.15, 0.2) is 0 Å². The first-order chi connectivity index (χ1) is 6.15. The number of ether oxygens (including phenoxy) is 2. The molecule has 0 saturated carbocycles. The molecule has 0 aromatic heterocycles. The van der Waals surface area contributed by atoms with Crippen molar-refractivity contribution in [1.29, 1.82) is 0 Å². The lowest BCUT2D eigenvalue weighted by Crippen LogP contribution is -2.39. The second-order valence-electron chi connectivity index (χ2n) is 2.45. The summed E-state index contributed by atoms with van der Waals surface area (Å²) in [6.07, 6.45) is -0.0583. The average molecular weight is 183 g/mol. The van der Waals surface area contributed by atoms with Crippen LogP contribution >= 0.6 is 0 Å². The van der Waals surface area contributed by atoms with Crippen LogP contribution < -0.4 is 5.32 Å². The van der Waals surface area contributed by atoms with Crippen LogP contribution in [0, 0.1) is 0 Å². The van der Waals surface area contributed by atoms with E-state index in [2.05, 4.69) is 11.9 Å². The van der Waals surface area contributed by atoms with Crippen LogP contribution in [0.3, 0.4) is 0 Å². The monoisotopic (exact) mass is 183 g/mol. The minimum atomic E-state index is -0.342. The molecular formula is C8H14BNO3. The molecule has 1 amide bonds. The number of carbonyl (C=O) groups excluding carboxylic acids is 1. The van der Waals surface area contributed by atoms with Crippen LogP contribution in [-0.4, -0.2) is 40.6 Å². The molecule has 5 heteroatoms. The van der Waals surface area contributed by atoms with Gasteiger partial charge in [0.2, 0.25) is 5.91 Å². The molecule has 0 unspecified atom stereocenters.